The summed E-state index contributed by atoms with van der Waals surface area (Å²) in [7, 11) is 1.29. The average molecular weight is 269 g/mol. The van der Waals surface area contributed by atoms with Crippen molar-refractivity contribution in [1.29, 1.82) is 0 Å². The van der Waals surface area contributed by atoms with Crippen molar-refractivity contribution in [2.45, 2.75) is 40.5 Å². The van der Waals surface area contributed by atoms with Crippen molar-refractivity contribution in [2.75, 3.05) is 7.11 Å². The number of nitrogens with zero attached hydrogens (tertiary/aromatic N) is 1. The smallest absolute Gasteiger partial charge is 0.358 e. The molecule has 0 bridgehead atoms. The van der Waals surface area contributed by atoms with Crippen LogP contribution >= 0.6 is 11.3 Å². The summed E-state index contributed by atoms with van der Waals surface area (Å²) < 4.78 is 4.64. The molecule has 18 heavy (non-hydrogen) atoms. The molecule has 4 nitrogen and oxygen atoms in total. The number of Topliss-reactive ketones (excluding diaryl/α,β-unsaturated/α-hetero) is 1. The first-order valence-electron chi connectivity index (χ1n) is 5.83. The van der Waals surface area contributed by atoms with Crippen LogP contribution < -0.4 is 0 Å². The first-order valence-corrected chi connectivity index (χ1v) is 6.65. The van der Waals surface area contributed by atoms with Crippen LogP contribution in [0.15, 0.2) is 0 Å². The number of hydrogen-bond donors (Lipinski definition) is 0. The standard InChI is InChI=1S/C13H19NO3S/c1-8(15)11-10(12(16)17-5)14-9(18-11)6-7-13(2,3)4/h6-7H2,1-5H3. The minimum Gasteiger partial charge on any atom is -0.464 e. The highest BCUT2D eigenvalue weighted by Gasteiger charge is 2.22. The number of rotatable bonds is 4. The summed E-state index contributed by atoms with van der Waals surface area (Å²) in [6, 6.07) is 0. The van der Waals surface area contributed by atoms with Crippen LogP contribution in [0.4, 0.5) is 0 Å². The summed E-state index contributed by atoms with van der Waals surface area (Å²) in [5.41, 5.74) is 0.354. The van der Waals surface area contributed by atoms with Gasteiger partial charge in [0.2, 0.25) is 0 Å². The van der Waals surface area contributed by atoms with Crippen molar-refractivity contribution < 1.29 is 14.3 Å². The second-order valence-electron chi connectivity index (χ2n) is 5.39. The van der Waals surface area contributed by atoms with Crippen LogP contribution in [0, 0.1) is 5.41 Å². The number of ether oxygens (including phenoxy) is 1. The lowest BCUT2D eigenvalue weighted by atomic mass is 9.91. The lowest BCUT2D eigenvalue weighted by molar-refractivity contribution is 0.0591. The van der Waals surface area contributed by atoms with E-state index in [1.165, 1.54) is 25.4 Å². The Kier molecular flexibility index (Phi) is 4.62. The molecule has 0 amide bonds. The molecule has 0 fully saturated rings. The quantitative estimate of drug-likeness (QED) is 0.622. The van der Waals surface area contributed by atoms with E-state index < -0.39 is 5.97 Å². The van der Waals surface area contributed by atoms with Gasteiger partial charge in [0.05, 0.1) is 12.1 Å². The Labute approximate surface area is 111 Å². The molecule has 1 aromatic heterocycles. The number of esters is 1. The summed E-state index contributed by atoms with van der Waals surface area (Å²) in [4.78, 5) is 27.6. The monoisotopic (exact) mass is 269 g/mol. The molecule has 0 saturated carbocycles. The molecule has 1 heterocycles. The molecule has 0 N–H and O–H groups in total. The van der Waals surface area contributed by atoms with Crippen molar-refractivity contribution in [3.8, 4) is 0 Å². The van der Waals surface area contributed by atoms with Gasteiger partial charge in [0.1, 0.15) is 4.88 Å². The van der Waals surface area contributed by atoms with Gasteiger partial charge in [-0.1, -0.05) is 20.8 Å². The van der Waals surface area contributed by atoms with Crippen LogP contribution in [0.25, 0.3) is 0 Å². The Morgan fingerprint density at radius 1 is 1.33 bits per heavy atom. The first kappa shape index (κ1) is 14.8. The molecule has 0 radical (unpaired) electrons. The molecule has 0 aliphatic carbocycles. The van der Waals surface area contributed by atoms with Gasteiger partial charge in [-0.25, -0.2) is 9.78 Å². The number of ketones is 1. The molecular formula is C13H19NO3S. The van der Waals surface area contributed by atoms with Gasteiger partial charge in [-0.05, 0) is 18.3 Å². The number of hydrogen-bond acceptors (Lipinski definition) is 5. The van der Waals surface area contributed by atoms with E-state index >= 15 is 0 Å². The van der Waals surface area contributed by atoms with Crippen LogP contribution in [-0.4, -0.2) is 23.8 Å². The average Bonchev–Trinajstić information content (AvgIpc) is 2.68. The maximum Gasteiger partial charge on any atom is 0.358 e. The fourth-order valence-corrected chi connectivity index (χ4v) is 2.37. The molecule has 0 atom stereocenters. The molecular weight excluding hydrogens is 250 g/mol. The van der Waals surface area contributed by atoms with Crippen molar-refractivity contribution in [3.63, 3.8) is 0 Å². The van der Waals surface area contributed by atoms with Gasteiger partial charge in [0.25, 0.3) is 0 Å². The van der Waals surface area contributed by atoms with Gasteiger partial charge < -0.3 is 4.74 Å². The van der Waals surface area contributed by atoms with E-state index in [-0.39, 0.29) is 16.9 Å². The van der Waals surface area contributed by atoms with Gasteiger partial charge in [0.15, 0.2) is 11.5 Å². The van der Waals surface area contributed by atoms with Gasteiger partial charge in [-0.15, -0.1) is 11.3 Å². The lowest BCUT2D eigenvalue weighted by Gasteiger charge is -2.16. The number of carbonyl (C=O) groups is 2. The molecule has 0 aliphatic rings. The Hall–Kier alpha value is -1.23. The van der Waals surface area contributed by atoms with E-state index in [1.807, 2.05) is 0 Å². The molecule has 0 aliphatic heterocycles. The molecule has 5 heteroatoms. The van der Waals surface area contributed by atoms with Crippen LogP contribution in [-0.2, 0) is 11.2 Å². The highest BCUT2D eigenvalue weighted by Crippen LogP contribution is 2.26. The fourth-order valence-electron chi connectivity index (χ4n) is 1.43. The summed E-state index contributed by atoms with van der Waals surface area (Å²) in [5.74, 6) is -0.687. The van der Waals surface area contributed by atoms with E-state index in [4.69, 9.17) is 0 Å². The third kappa shape index (κ3) is 3.91. The normalized spacial score (nSPS) is 11.4. The number of methoxy groups -OCH3 is 1. The van der Waals surface area contributed by atoms with E-state index in [9.17, 15) is 9.59 Å². The minimum absolute atomic E-state index is 0.144. The summed E-state index contributed by atoms with van der Waals surface area (Å²) >= 11 is 1.29. The zero-order chi connectivity index (χ0) is 13.9. The van der Waals surface area contributed by atoms with Crippen LogP contribution in [0.5, 0.6) is 0 Å². The van der Waals surface area contributed by atoms with Crippen LogP contribution in [0.2, 0.25) is 0 Å². The van der Waals surface area contributed by atoms with Gasteiger partial charge in [-0.3, -0.25) is 4.79 Å². The number of aromatic nitrogens is 1. The highest BCUT2D eigenvalue weighted by molar-refractivity contribution is 7.14. The van der Waals surface area contributed by atoms with E-state index in [0.29, 0.717) is 4.88 Å². The first-order chi connectivity index (χ1) is 8.24. The number of aryl methyl sites for hydroxylation is 1. The zero-order valence-corrected chi connectivity index (χ0v) is 12.3. The zero-order valence-electron chi connectivity index (χ0n) is 11.5. The Bertz CT molecular complexity index is 457. The fraction of sp³-hybridized carbons (Fsp3) is 0.615. The van der Waals surface area contributed by atoms with Gasteiger partial charge in [-0.2, -0.15) is 0 Å². The van der Waals surface area contributed by atoms with Gasteiger partial charge in [0, 0.05) is 6.92 Å². The second kappa shape index (κ2) is 5.61. The lowest BCUT2D eigenvalue weighted by Crippen LogP contribution is -2.08. The van der Waals surface area contributed by atoms with Crippen molar-refractivity contribution in [2.24, 2.45) is 5.41 Å². The summed E-state index contributed by atoms with van der Waals surface area (Å²) in [6.07, 6.45) is 1.73. The largest absolute Gasteiger partial charge is 0.464 e. The van der Waals surface area contributed by atoms with E-state index in [1.54, 1.807) is 0 Å². The molecule has 100 valence electrons. The van der Waals surface area contributed by atoms with Crippen molar-refractivity contribution >= 4 is 23.1 Å². The maximum atomic E-state index is 11.5. The van der Waals surface area contributed by atoms with Crippen molar-refractivity contribution in [1.82, 2.24) is 4.98 Å². The number of carbonyl (C=O) groups excluding carboxylic acids is 2. The van der Waals surface area contributed by atoms with Crippen LogP contribution in [0.3, 0.4) is 0 Å². The Balaban J connectivity index is 2.96. The molecule has 1 aromatic rings. The van der Waals surface area contributed by atoms with E-state index in [0.717, 1.165) is 17.8 Å². The Morgan fingerprint density at radius 3 is 2.39 bits per heavy atom. The molecule has 0 unspecified atom stereocenters. The molecule has 0 spiro atoms. The third-order valence-electron chi connectivity index (χ3n) is 2.46. The van der Waals surface area contributed by atoms with Crippen LogP contribution in [0.1, 0.15) is 59.3 Å². The topological polar surface area (TPSA) is 56.3 Å². The third-order valence-corrected chi connectivity index (χ3v) is 3.67. The molecule has 0 aromatic carbocycles. The van der Waals surface area contributed by atoms with Gasteiger partial charge >= 0.3 is 5.97 Å². The Morgan fingerprint density at radius 2 is 1.94 bits per heavy atom. The predicted molar refractivity (Wildman–Crippen MR) is 71.2 cm³/mol. The van der Waals surface area contributed by atoms with Crippen molar-refractivity contribution in [3.05, 3.63) is 15.6 Å². The summed E-state index contributed by atoms with van der Waals surface area (Å²) in [5, 5.41) is 0.815. The van der Waals surface area contributed by atoms with E-state index in [2.05, 4.69) is 30.5 Å². The highest BCUT2D eigenvalue weighted by atomic mass is 32.1. The summed E-state index contributed by atoms with van der Waals surface area (Å²) in [6.45, 7) is 7.88. The number of thiazole rings is 1. The molecule has 1 rings (SSSR count). The minimum atomic E-state index is -0.543. The SMILES string of the molecule is COC(=O)c1nc(CCC(C)(C)C)sc1C(C)=O. The second-order valence-corrected chi connectivity index (χ2v) is 6.48. The molecule has 0 saturated heterocycles. The maximum absolute atomic E-state index is 11.5. The predicted octanol–water partition coefficient (Wildman–Crippen LogP) is 3.11.